The highest BCUT2D eigenvalue weighted by Gasteiger charge is 2.17. The van der Waals surface area contributed by atoms with E-state index >= 15 is 0 Å². The molecule has 0 atom stereocenters. The molecule has 0 aliphatic carbocycles. The first-order chi connectivity index (χ1) is 12.2. The van der Waals surface area contributed by atoms with Gasteiger partial charge >= 0.3 is 0 Å². The molecule has 7 heteroatoms. The number of allylic oxidation sites excluding steroid dienone is 1. The molecule has 0 radical (unpaired) electrons. The van der Waals surface area contributed by atoms with E-state index in [9.17, 15) is 5.11 Å². The average molecular weight is 367 g/mol. The lowest BCUT2D eigenvalue weighted by Crippen LogP contribution is -2.02. The van der Waals surface area contributed by atoms with Crippen LogP contribution in [0.3, 0.4) is 0 Å². The third-order valence-corrected chi connectivity index (χ3v) is 5.14. The maximum atomic E-state index is 10.6. The van der Waals surface area contributed by atoms with E-state index in [4.69, 9.17) is 16.6 Å². The molecular weight excluding hydrogens is 354 g/mol. The molecule has 0 saturated carbocycles. The number of nitrogens with zero attached hydrogens (tertiary/aromatic N) is 3. The second kappa shape index (κ2) is 6.62. The minimum absolute atomic E-state index is 0.117. The van der Waals surface area contributed by atoms with Crippen molar-refractivity contribution in [3.8, 4) is 5.88 Å². The summed E-state index contributed by atoms with van der Waals surface area (Å²) in [4.78, 5) is 0.670. The lowest BCUT2D eigenvalue weighted by molar-refractivity contribution is 0.407. The Morgan fingerprint density at radius 2 is 2.04 bits per heavy atom. The van der Waals surface area contributed by atoms with Gasteiger partial charge in [-0.3, -0.25) is 4.57 Å². The SMILES string of the molecule is Oc1c(/C=C2\C=NN=C2c2ccccc2)sc(=S)n1Cc1ccco1. The van der Waals surface area contributed by atoms with E-state index in [2.05, 4.69) is 10.2 Å². The fraction of sp³-hybridized carbons (Fsp3) is 0.0556. The summed E-state index contributed by atoms with van der Waals surface area (Å²) in [5, 5.41) is 18.8. The number of aromatic nitrogens is 1. The molecule has 25 heavy (non-hydrogen) atoms. The summed E-state index contributed by atoms with van der Waals surface area (Å²) >= 11 is 6.72. The first kappa shape index (κ1) is 15.7. The van der Waals surface area contributed by atoms with E-state index in [-0.39, 0.29) is 5.88 Å². The highest BCUT2D eigenvalue weighted by molar-refractivity contribution is 7.73. The topological polar surface area (TPSA) is 63.0 Å². The molecule has 5 nitrogen and oxygen atoms in total. The van der Waals surface area contributed by atoms with Gasteiger partial charge in [0.2, 0.25) is 5.88 Å². The van der Waals surface area contributed by atoms with Crippen molar-refractivity contribution in [3.05, 3.63) is 74.5 Å². The Morgan fingerprint density at radius 1 is 1.20 bits per heavy atom. The molecular formula is C18H13N3O2S2. The first-order valence-corrected chi connectivity index (χ1v) is 8.78. The lowest BCUT2D eigenvalue weighted by Gasteiger charge is -2.03. The van der Waals surface area contributed by atoms with Crippen molar-refractivity contribution in [3.63, 3.8) is 0 Å². The van der Waals surface area contributed by atoms with Crippen LogP contribution >= 0.6 is 23.6 Å². The van der Waals surface area contributed by atoms with Gasteiger partial charge in [-0.15, -0.1) is 16.4 Å². The summed E-state index contributed by atoms with van der Waals surface area (Å²) in [5.74, 6) is 0.851. The Bertz CT molecular complexity index is 1040. The number of hydrogen-bond donors (Lipinski definition) is 1. The molecule has 0 spiro atoms. The second-order valence-corrected chi connectivity index (χ2v) is 7.06. The van der Waals surface area contributed by atoms with Gasteiger partial charge in [0.1, 0.15) is 11.5 Å². The minimum Gasteiger partial charge on any atom is -0.493 e. The fourth-order valence-corrected chi connectivity index (χ4v) is 3.80. The molecule has 0 amide bonds. The summed E-state index contributed by atoms with van der Waals surface area (Å²) in [5.41, 5.74) is 2.59. The van der Waals surface area contributed by atoms with Crippen molar-refractivity contribution >= 4 is 41.6 Å². The van der Waals surface area contributed by atoms with Gasteiger partial charge in [0.25, 0.3) is 0 Å². The summed E-state index contributed by atoms with van der Waals surface area (Å²) in [7, 11) is 0. The zero-order valence-corrected chi connectivity index (χ0v) is 14.6. The van der Waals surface area contributed by atoms with E-state index < -0.39 is 0 Å². The molecule has 2 aromatic heterocycles. The number of thiazole rings is 1. The molecule has 1 N–H and O–H groups in total. The average Bonchev–Trinajstić information content (AvgIpc) is 3.35. The van der Waals surface area contributed by atoms with Crippen molar-refractivity contribution < 1.29 is 9.52 Å². The zero-order chi connectivity index (χ0) is 17.2. The molecule has 0 unspecified atom stereocenters. The fourth-order valence-electron chi connectivity index (χ4n) is 2.54. The van der Waals surface area contributed by atoms with Crippen LogP contribution in [-0.2, 0) is 6.54 Å². The Labute approximate surface area is 152 Å². The number of aromatic hydroxyl groups is 1. The van der Waals surface area contributed by atoms with Gasteiger partial charge in [-0.1, -0.05) is 30.3 Å². The monoisotopic (exact) mass is 367 g/mol. The smallest absolute Gasteiger partial charge is 0.211 e. The number of hydrogen-bond acceptors (Lipinski definition) is 6. The maximum Gasteiger partial charge on any atom is 0.211 e. The third kappa shape index (κ3) is 3.11. The predicted octanol–water partition coefficient (Wildman–Crippen LogP) is 4.50. The molecule has 0 saturated heterocycles. The summed E-state index contributed by atoms with van der Waals surface area (Å²) in [6.45, 7) is 0.394. The highest BCUT2D eigenvalue weighted by Crippen LogP contribution is 2.30. The summed E-state index contributed by atoms with van der Waals surface area (Å²) in [6.07, 6.45) is 5.14. The molecule has 3 heterocycles. The van der Waals surface area contributed by atoms with Crippen molar-refractivity contribution in [1.82, 2.24) is 4.57 Å². The van der Waals surface area contributed by atoms with Crippen LogP contribution in [0.1, 0.15) is 16.2 Å². The van der Waals surface area contributed by atoms with E-state index in [1.807, 2.05) is 48.5 Å². The molecule has 0 fully saturated rings. The maximum absolute atomic E-state index is 10.6. The standard InChI is InChI=1S/C18H13N3O2S2/c22-17-15(25-18(24)21(17)11-14-7-4-8-23-14)9-13-10-19-20-16(13)12-5-2-1-3-6-12/h1-10,22H,11H2/b13-9+. The van der Waals surface area contributed by atoms with Crippen molar-refractivity contribution in [1.29, 1.82) is 0 Å². The number of rotatable bonds is 4. The zero-order valence-electron chi connectivity index (χ0n) is 13.0. The Morgan fingerprint density at radius 3 is 2.80 bits per heavy atom. The van der Waals surface area contributed by atoms with Gasteiger partial charge in [-0.2, -0.15) is 5.10 Å². The summed E-state index contributed by atoms with van der Waals surface area (Å²) in [6, 6.07) is 13.5. The van der Waals surface area contributed by atoms with E-state index in [1.54, 1.807) is 17.0 Å². The van der Waals surface area contributed by atoms with Crippen LogP contribution in [0.2, 0.25) is 0 Å². The number of benzene rings is 1. The van der Waals surface area contributed by atoms with Crippen molar-refractivity contribution in [2.24, 2.45) is 10.2 Å². The van der Waals surface area contributed by atoms with Crippen LogP contribution in [0.15, 0.2) is 68.9 Å². The third-order valence-electron chi connectivity index (χ3n) is 3.75. The Balaban J connectivity index is 1.69. The first-order valence-electron chi connectivity index (χ1n) is 7.56. The highest BCUT2D eigenvalue weighted by atomic mass is 32.1. The molecule has 124 valence electrons. The largest absolute Gasteiger partial charge is 0.493 e. The van der Waals surface area contributed by atoms with Crippen molar-refractivity contribution in [2.75, 3.05) is 0 Å². The minimum atomic E-state index is 0.117. The van der Waals surface area contributed by atoms with Crippen LogP contribution in [0, 0.1) is 3.95 Å². The normalized spacial score (nSPS) is 15.0. The molecule has 3 aromatic rings. The lowest BCUT2D eigenvalue weighted by atomic mass is 10.0. The van der Waals surface area contributed by atoms with Crippen LogP contribution in [0.4, 0.5) is 0 Å². The van der Waals surface area contributed by atoms with Gasteiger partial charge in [0.05, 0.1) is 23.9 Å². The van der Waals surface area contributed by atoms with Gasteiger partial charge in [0, 0.05) is 11.1 Å². The molecule has 0 bridgehead atoms. The van der Waals surface area contributed by atoms with Gasteiger partial charge in [0.15, 0.2) is 3.95 Å². The van der Waals surface area contributed by atoms with Gasteiger partial charge in [-0.25, -0.2) is 0 Å². The van der Waals surface area contributed by atoms with E-state index in [0.29, 0.717) is 15.4 Å². The van der Waals surface area contributed by atoms with Crippen molar-refractivity contribution in [2.45, 2.75) is 6.54 Å². The quantitative estimate of drug-likeness (QED) is 0.691. The molecule has 1 aromatic carbocycles. The van der Waals surface area contributed by atoms with Crippen LogP contribution in [0.25, 0.3) is 6.08 Å². The second-order valence-electron chi connectivity index (χ2n) is 5.38. The molecule has 1 aliphatic rings. The van der Waals surface area contributed by atoms with Gasteiger partial charge < -0.3 is 9.52 Å². The Kier molecular flexibility index (Phi) is 4.17. The molecule has 1 aliphatic heterocycles. The molecule has 4 rings (SSSR count). The van der Waals surface area contributed by atoms with Crippen LogP contribution in [0.5, 0.6) is 5.88 Å². The van der Waals surface area contributed by atoms with Gasteiger partial charge in [-0.05, 0) is 30.4 Å². The number of furan rings is 1. The van der Waals surface area contributed by atoms with E-state index in [0.717, 1.165) is 22.6 Å². The predicted molar refractivity (Wildman–Crippen MR) is 102 cm³/mol. The van der Waals surface area contributed by atoms with Crippen LogP contribution < -0.4 is 0 Å². The van der Waals surface area contributed by atoms with E-state index in [1.165, 1.54) is 11.3 Å². The Hall–Kier alpha value is -2.77. The van der Waals surface area contributed by atoms with Crippen LogP contribution in [-0.4, -0.2) is 21.6 Å². The summed E-state index contributed by atoms with van der Waals surface area (Å²) < 4.78 is 7.56.